The Bertz CT molecular complexity index is 898. The first kappa shape index (κ1) is 19.3. The second-order valence-electron chi connectivity index (χ2n) is 6.45. The smallest absolute Gasteiger partial charge is 0.238 e. The maximum atomic E-state index is 12.9. The van der Waals surface area contributed by atoms with E-state index in [0.29, 0.717) is 37.4 Å². The maximum Gasteiger partial charge on any atom is 0.238 e. The van der Waals surface area contributed by atoms with Gasteiger partial charge >= 0.3 is 0 Å². The van der Waals surface area contributed by atoms with Crippen LogP contribution in [-0.2, 0) is 21.4 Å². The van der Waals surface area contributed by atoms with Crippen LogP contribution in [0.5, 0.6) is 11.5 Å². The van der Waals surface area contributed by atoms with E-state index in [1.165, 1.54) is 16.4 Å². The quantitative estimate of drug-likeness (QED) is 0.820. The Hall–Kier alpha value is -2.45. The summed E-state index contributed by atoms with van der Waals surface area (Å²) in [5.41, 5.74) is 0.860. The van der Waals surface area contributed by atoms with Crippen molar-refractivity contribution < 1.29 is 22.3 Å². The highest BCUT2D eigenvalue weighted by Gasteiger charge is 2.36. The lowest BCUT2D eigenvalue weighted by atomic mass is 10.2. The molecule has 1 aliphatic rings. The molecule has 0 aliphatic carbocycles. The van der Waals surface area contributed by atoms with Gasteiger partial charge in [0.05, 0.1) is 6.26 Å². The van der Waals surface area contributed by atoms with E-state index in [9.17, 15) is 17.6 Å². The largest absolute Gasteiger partial charge is 0.457 e. The first-order chi connectivity index (χ1) is 12.8. The number of hydrogen-bond acceptors (Lipinski definition) is 4. The minimum Gasteiger partial charge on any atom is -0.457 e. The molecular formula is C19H21FN2O4S. The van der Waals surface area contributed by atoms with Gasteiger partial charge in [-0.2, -0.15) is 4.31 Å². The van der Waals surface area contributed by atoms with E-state index in [4.69, 9.17) is 4.74 Å². The van der Waals surface area contributed by atoms with E-state index < -0.39 is 16.1 Å². The van der Waals surface area contributed by atoms with Crippen molar-refractivity contribution in [3.8, 4) is 11.5 Å². The highest BCUT2D eigenvalue weighted by molar-refractivity contribution is 7.88. The molecule has 1 heterocycles. The molecule has 27 heavy (non-hydrogen) atoms. The van der Waals surface area contributed by atoms with E-state index in [0.717, 1.165) is 11.8 Å². The van der Waals surface area contributed by atoms with Crippen LogP contribution in [0, 0.1) is 5.82 Å². The van der Waals surface area contributed by atoms with Gasteiger partial charge in [0, 0.05) is 13.1 Å². The molecule has 0 spiro atoms. The molecule has 0 radical (unpaired) electrons. The Morgan fingerprint density at radius 3 is 2.33 bits per heavy atom. The van der Waals surface area contributed by atoms with Gasteiger partial charge in [0.15, 0.2) is 0 Å². The average Bonchev–Trinajstić information content (AvgIpc) is 3.13. The van der Waals surface area contributed by atoms with E-state index in [1.807, 2.05) is 12.1 Å². The third-order valence-corrected chi connectivity index (χ3v) is 5.66. The van der Waals surface area contributed by atoms with E-state index >= 15 is 0 Å². The molecule has 1 atom stereocenters. The molecule has 0 saturated carbocycles. The van der Waals surface area contributed by atoms with E-state index in [2.05, 4.69) is 5.32 Å². The number of benzene rings is 2. The van der Waals surface area contributed by atoms with Gasteiger partial charge in [-0.1, -0.05) is 12.1 Å². The second kappa shape index (κ2) is 8.06. The zero-order chi connectivity index (χ0) is 19.4. The molecule has 0 bridgehead atoms. The summed E-state index contributed by atoms with van der Waals surface area (Å²) in [6.07, 6.45) is 2.34. The van der Waals surface area contributed by atoms with Gasteiger partial charge in [0.2, 0.25) is 15.9 Å². The highest BCUT2D eigenvalue weighted by Crippen LogP contribution is 2.23. The average molecular weight is 392 g/mol. The molecule has 8 heteroatoms. The summed E-state index contributed by atoms with van der Waals surface area (Å²) >= 11 is 0. The van der Waals surface area contributed by atoms with Crippen molar-refractivity contribution in [2.75, 3.05) is 12.8 Å². The van der Waals surface area contributed by atoms with Gasteiger partial charge in [-0.3, -0.25) is 4.79 Å². The van der Waals surface area contributed by atoms with Crippen LogP contribution in [0.4, 0.5) is 4.39 Å². The Labute approximate surface area is 158 Å². The molecule has 1 fully saturated rings. The topological polar surface area (TPSA) is 75.7 Å². The first-order valence-electron chi connectivity index (χ1n) is 8.60. The Morgan fingerprint density at radius 2 is 1.74 bits per heavy atom. The number of nitrogens with one attached hydrogen (secondary N) is 1. The van der Waals surface area contributed by atoms with Crippen LogP contribution in [0.3, 0.4) is 0 Å². The van der Waals surface area contributed by atoms with Gasteiger partial charge in [-0.25, -0.2) is 12.8 Å². The minimum absolute atomic E-state index is 0.287. The number of halogens is 1. The molecular weight excluding hydrogens is 371 g/mol. The number of amides is 1. The summed E-state index contributed by atoms with van der Waals surface area (Å²) in [5, 5.41) is 2.79. The van der Waals surface area contributed by atoms with Crippen LogP contribution in [0.25, 0.3) is 0 Å². The zero-order valence-electron chi connectivity index (χ0n) is 14.9. The van der Waals surface area contributed by atoms with Crippen LogP contribution >= 0.6 is 0 Å². The molecule has 1 aliphatic heterocycles. The summed E-state index contributed by atoms with van der Waals surface area (Å²) < 4.78 is 43.3. The molecule has 1 N–H and O–H groups in total. The monoisotopic (exact) mass is 392 g/mol. The van der Waals surface area contributed by atoms with Crippen molar-refractivity contribution >= 4 is 15.9 Å². The lowest BCUT2D eigenvalue weighted by Gasteiger charge is -2.21. The molecule has 2 aromatic carbocycles. The SMILES string of the molecule is CS(=O)(=O)N1CCCC1C(=O)NCc1ccc(Oc2ccc(F)cc2)cc1. The molecule has 0 aromatic heterocycles. The minimum atomic E-state index is -3.39. The van der Waals surface area contributed by atoms with Crippen molar-refractivity contribution in [3.05, 3.63) is 59.9 Å². The molecule has 144 valence electrons. The van der Waals surface area contributed by atoms with Crippen LogP contribution in [0.1, 0.15) is 18.4 Å². The number of sulfonamides is 1. The summed E-state index contributed by atoms with van der Waals surface area (Å²) in [4.78, 5) is 12.3. The lowest BCUT2D eigenvalue weighted by Crippen LogP contribution is -2.45. The van der Waals surface area contributed by atoms with Crippen LogP contribution in [-0.4, -0.2) is 37.5 Å². The third-order valence-electron chi connectivity index (χ3n) is 4.37. The molecule has 1 amide bonds. The number of carbonyl (C=O) groups is 1. The normalized spacial score (nSPS) is 17.6. The van der Waals surface area contributed by atoms with Crippen molar-refractivity contribution in [1.29, 1.82) is 0 Å². The van der Waals surface area contributed by atoms with E-state index in [-0.39, 0.29) is 11.7 Å². The lowest BCUT2D eigenvalue weighted by molar-refractivity contribution is -0.124. The second-order valence-corrected chi connectivity index (χ2v) is 8.38. The number of nitrogens with zero attached hydrogens (tertiary/aromatic N) is 1. The van der Waals surface area contributed by atoms with Gasteiger partial charge < -0.3 is 10.1 Å². The maximum absolute atomic E-state index is 12.9. The molecule has 1 unspecified atom stereocenters. The highest BCUT2D eigenvalue weighted by atomic mass is 32.2. The third kappa shape index (κ3) is 5.05. The van der Waals surface area contributed by atoms with Crippen LogP contribution < -0.4 is 10.1 Å². The predicted molar refractivity (Wildman–Crippen MR) is 99.3 cm³/mol. The first-order valence-corrected chi connectivity index (χ1v) is 10.4. The number of ether oxygens (including phenoxy) is 1. The van der Waals surface area contributed by atoms with Crippen LogP contribution in [0.15, 0.2) is 48.5 Å². The number of hydrogen-bond donors (Lipinski definition) is 1. The summed E-state index contributed by atoms with van der Waals surface area (Å²) in [5.74, 6) is 0.505. The predicted octanol–water partition coefficient (Wildman–Crippen LogP) is 2.66. The van der Waals surface area contributed by atoms with E-state index in [1.54, 1.807) is 24.3 Å². The Kier molecular flexibility index (Phi) is 5.76. The van der Waals surface area contributed by atoms with Crippen molar-refractivity contribution in [1.82, 2.24) is 9.62 Å². The summed E-state index contributed by atoms with van der Waals surface area (Å²) in [6.45, 7) is 0.677. The van der Waals surface area contributed by atoms with Crippen molar-refractivity contribution in [2.45, 2.75) is 25.4 Å². The Balaban J connectivity index is 1.55. The van der Waals surface area contributed by atoms with Gasteiger partial charge in [0.25, 0.3) is 0 Å². The molecule has 1 saturated heterocycles. The molecule has 6 nitrogen and oxygen atoms in total. The van der Waals surface area contributed by atoms with Gasteiger partial charge in [-0.05, 0) is 54.8 Å². The van der Waals surface area contributed by atoms with Crippen molar-refractivity contribution in [2.24, 2.45) is 0 Å². The zero-order valence-corrected chi connectivity index (χ0v) is 15.7. The molecule has 3 rings (SSSR count). The standard InChI is InChI=1S/C19H21FN2O4S/c1-27(24,25)22-12-2-3-18(22)19(23)21-13-14-4-8-16(9-5-14)26-17-10-6-15(20)7-11-17/h4-11,18H,2-3,12-13H2,1H3,(H,21,23). The summed E-state index contributed by atoms with van der Waals surface area (Å²) in [7, 11) is -3.39. The fourth-order valence-corrected chi connectivity index (χ4v) is 4.14. The fraction of sp³-hybridized carbons (Fsp3) is 0.316. The van der Waals surface area contributed by atoms with Crippen molar-refractivity contribution in [3.63, 3.8) is 0 Å². The number of rotatable bonds is 6. The van der Waals surface area contributed by atoms with Gasteiger partial charge in [-0.15, -0.1) is 0 Å². The fourth-order valence-electron chi connectivity index (χ4n) is 3.02. The van der Waals surface area contributed by atoms with Crippen LogP contribution in [0.2, 0.25) is 0 Å². The Morgan fingerprint density at radius 1 is 1.15 bits per heavy atom. The molecule has 2 aromatic rings. The number of carbonyl (C=O) groups excluding carboxylic acids is 1. The van der Waals surface area contributed by atoms with Gasteiger partial charge in [0.1, 0.15) is 23.4 Å². The summed E-state index contributed by atoms with van der Waals surface area (Å²) in [6, 6.07) is 12.2.